The number of nitrogens with zero attached hydrogens (tertiary/aromatic N) is 2. The van der Waals surface area contributed by atoms with E-state index in [1.165, 1.54) is 36.3 Å². The summed E-state index contributed by atoms with van der Waals surface area (Å²) >= 11 is 0. The van der Waals surface area contributed by atoms with Gasteiger partial charge in [0.15, 0.2) is 0 Å². The average molecular weight is 277 g/mol. The highest BCUT2D eigenvalue weighted by atomic mass is 19.1. The van der Waals surface area contributed by atoms with E-state index < -0.39 is 17.7 Å². The normalized spacial score (nSPS) is 10.3. The van der Waals surface area contributed by atoms with E-state index in [0.29, 0.717) is 5.56 Å². The van der Waals surface area contributed by atoms with Crippen LogP contribution in [0.2, 0.25) is 0 Å². The first-order valence-electron chi connectivity index (χ1n) is 5.70. The second-order valence-electron chi connectivity index (χ2n) is 4.08. The predicted molar refractivity (Wildman–Crippen MR) is 67.6 cm³/mol. The maximum Gasteiger partial charge on any atom is 0.338 e. The van der Waals surface area contributed by atoms with Crippen molar-refractivity contribution in [2.45, 2.75) is 6.54 Å². The number of primary amides is 1. The molecular weight excluding hydrogens is 265 g/mol. The molecule has 6 nitrogen and oxygen atoms in total. The maximum atomic E-state index is 13.2. The quantitative estimate of drug-likeness (QED) is 0.843. The minimum atomic E-state index is -0.637. The fourth-order valence-electron chi connectivity index (χ4n) is 1.74. The Morgan fingerprint density at radius 3 is 2.80 bits per heavy atom. The van der Waals surface area contributed by atoms with Crippen LogP contribution in [-0.2, 0) is 11.3 Å². The topological polar surface area (TPSA) is 87.2 Å². The van der Waals surface area contributed by atoms with Crippen LogP contribution in [0, 0.1) is 5.82 Å². The summed E-state index contributed by atoms with van der Waals surface area (Å²) in [6, 6.07) is 3.80. The van der Waals surface area contributed by atoms with Crippen molar-refractivity contribution in [1.29, 1.82) is 0 Å². The van der Waals surface area contributed by atoms with E-state index >= 15 is 0 Å². The second-order valence-corrected chi connectivity index (χ2v) is 4.08. The first-order valence-corrected chi connectivity index (χ1v) is 5.70. The highest BCUT2D eigenvalue weighted by Crippen LogP contribution is 2.14. The Balaban J connectivity index is 2.32. The zero-order chi connectivity index (χ0) is 14.7. The molecule has 0 unspecified atom stereocenters. The molecule has 2 rings (SSSR count). The van der Waals surface area contributed by atoms with Crippen LogP contribution in [0.25, 0.3) is 0 Å². The number of rotatable bonds is 4. The van der Waals surface area contributed by atoms with Gasteiger partial charge < -0.3 is 10.5 Å². The Kier molecular flexibility index (Phi) is 3.79. The Hall–Kier alpha value is -2.70. The first-order chi connectivity index (χ1) is 9.51. The van der Waals surface area contributed by atoms with Crippen LogP contribution >= 0.6 is 0 Å². The number of carbonyl (C=O) groups excluding carboxylic acids is 2. The lowest BCUT2D eigenvalue weighted by atomic mass is 10.1. The Bertz CT molecular complexity index is 667. The van der Waals surface area contributed by atoms with Crippen molar-refractivity contribution in [2.75, 3.05) is 7.11 Å². The van der Waals surface area contributed by atoms with Crippen LogP contribution in [0.3, 0.4) is 0 Å². The monoisotopic (exact) mass is 277 g/mol. The molecule has 2 aromatic rings. The van der Waals surface area contributed by atoms with Gasteiger partial charge in [-0.05, 0) is 17.7 Å². The summed E-state index contributed by atoms with van der Waals surface area (Å²) < 4.78 is 19.2. The Morgan fingerprint density at radius 1 is 1.45 bits per heavy atom. The first kappa shape index (κ1) is 13.7. The number of aromatic nitrogens is 2. The number of esters is 1. The van der Waals surface area contributed by atoms with E-state index in [0.717, 1.165) is 6.07 Å². The van der Waals surface area contributed by atoms with Crippen LogP contribution in [0.1, 0.15) is 26.3 Å². The molecule has 0 saturated carbocycles. The van der Waals surface area contributed by atoms with E-state index in [2.05, 4.69) is 9.84 Å². The third kappa shape index (κ3) is 2.82. The summed E-state index contributed by atoms with van der Waals surface area (Å²) in [4.78, 5) is 22.6. The van der Waals surface area contributed by atoms with Crippen molar-refractivity contribution >= 4 is 11.9 Å². The lowest BCUT2D eigenvalue weighted by Gasteiger charge is -2.08. The molecule has 0 atom stereocenters. The van der Waals surface area contributed by atoms with E-state index in [-0.39, 0.29) is 17.7 Å². The minimum absolute atomic E-state index is 0.114. The van der Waals surface area contributed by atoms with Gasteiger partial charge in [-0.3, -0.25) is 9.48 Å². The number of nitrogens with two attached hydrogens (primary N) is 1. The average Bonchev–Trinajstić information content (AvgIpc) is 2.88. The molecule has 0 bridgehead atoms. The van der Waals surface area contributed by atoms with Gasteiger partial charge in [0.2, 0.25) is 0 Å². The number of amides is 1. The van der Waals surface area contributed by atoms with Gasteiger partial charge in [0.25, 0.3) is 5.91 Å². The molecule has 1 heterocycles. The molecule has 104 valence electrons. The van der Waals surface area contributed by atoms with Crippen LogP contribution in [-0.4, -0.2) is 28.8 Å². The highest BCUT2D eigenvalue weighted by Gasteiger charge is 2.14. The molecule has 1 amide bonds. The Labute approximate surface area is 113 Å². The van der Waals surface area contributed by atoms with Crippen molar-refractivity contribution < 1.29 is 18.7 Å². The van der Waals surface area contributed by atoms with E-state index in [9.17, 15) is 14.0 Å². The predicted octanol–water partition coefficient (Wildman–Crippen LogP) is 0.956. The third-order valence-electron chi connectivity index (χ3n) is 2.73. The number of methoxy groups -OCH3 is 1. The van der Waals surface area contributed by atoms with Crippen molar-refractivity contribution in [3.63, 3.8) is 0 Å². The van der Waals surface area contributed by atoms with Gasteiger partial charge in [-0.25, -0.2) is 9.18 Å². The lowest BCUT2D eigenvalue weighted by molar-refractivity contribution is 0.0598. The number of ether oxygens (including phenoxy) is 1. The van der Waals surface area contributed by atoms with Gasteiger partial charge >= 0.3 is 5.97 Å². The number of halogens is 1. The molecule has 0 spiro atoms. The van der Waals surface area contributed by atoms with Gasteiger partial charge in [-0.15, -0.1) is 0 Å². The third-order valence-corrected chi connectivity index (χ3v) is 2.73. The van der Waals surface area contributed by atoms with Crippen molar-refractivity contribution in [3.05, 3.63) is 53.1 Å². The molecule has 0 aliphatic heterocycles. The molecule has 20 heavy (non-hydrogen) atoms. The van der Waals surface area contributed by atoms with Gasteiger partial charge in [-0.1, -0.05) is 6.07 Å². The highest BCUT2D eigenvalue weighted by molar-refractivity contribution is 5.92. The molecule has 1 aromatic carbocycles. The standard InChI is InChI=1S/C13H12FN3O3/c1-20-13(19)11-4-10(14)3-2-8(11)6-17-7-9(5-16-17)12(15)18/h2-5,7H,6H2,1H3,(H2,15,18). The molecule has 0 aliphatic carbocycles. The van der Waals surface area contributed by atoms with Gasteiger partial charge in [0.05, 0.1) is 31.0 Å². The number of hydrogen-bond acceptors (Lipinski definition) is 4. The lowest BCUT2D eigenvalue weighted by Crippen LogP contribution is -2.11. The fourth-order valence-corrected chi connectivity index (χ4v) is 1.74. The molecule has 1 aromatic heterocycles. The van der Waals surface area contributed by atoms with Crippen molar-refractivity contribution in [1.82, 2.24) is 9.78 Å². The minimum Gasteiger partial charge on any atom is -0.465 e. The zero-order valence-corrected chi connectivity index (χ0v) is 10.7. The van der Waals surface area contributed by atoms with E-state index in [4.69, 9.17) is 5.73 Å². The summed E-state index contributed by atoms with van der Waals surface area (Å²) in [7, 11) is 1.22. The van der Waals surface area contributed by atoms with Gasteiger partial charge in [0, 0.05) is 6.20 Å². The zero-order valence-electron chi connectivity index (χ0n) is 10.7. The van der Waals surface area contributed by atoms with Crippen LogP contribution in [0.5, 0.6) is 0 Å². The fraction of sp³-hybridized carbons (Fsp3) is 0.154. The maximum absolute atomic E-state index is 13.2. The van der Waals surface area contributed by atoms with Crippen LogP contribution in [0.4, 0.5) is 4.39 Å². The largest absolute Gasteiger partial charge is 0.465 e. The number of carbonyl (C=O) groups is 2. The van der Waals surface area contributed by atoms with E-state index in [1.54, 1.807) is 0 Å². The molecule has 0 saturated heterocycles. The molecular formula is C13H12FN3O3. The molecule has 7 heteroatoms. The van der Waals surface area contributed by atoms with Crippen molar-refractivity contribution in [3.8, 4) is 0 Å². The van der Waals surface area contributed by atoms with Crippen molar-refractivity contribution in [2.24, 2.45) is 5.73 Å². The summed E-state index contributed by atoms with van der Waals surface area (Å²) in [6.07, 6.45) is 2.77. The van der Waals surface area contributed by atoms with Crippen LogP contribution in [0.15, 0.2) is 30.6 Å². The van der Waals surface area contributed by atoms with Crippen LogP contribution < -0.4 is 5.73 Å². The molecule has 0 aliphatic rings. The molecule has 0 fully saturated rings. The van der Waals surface area contributed by atoms with Gasteiger partial charge in [0.1, 0.15) is 5.82 Å². The van der Waals surface area contributed by atoms with Gasteiger partial charge in [-0.2, -0.15) is 5.10 Å². The number of hydrogen-bond donors (Lipinski definition) is 1. The molecule has 0 radical (unpaired) electrons. The second kappa shape index (κ2) is 5.52. The molecule has 2 N–H and O–H groups in total. The number of benzene rings is 1. The SMILES string of the molecule is COC(=O)c1cc(F)ccc1Cn1cc(C(N)=O)cn1. The van der Waals surface area contributed by atoms with E-state index in [1.807, 2.05) is 0 Å². The summed E-state index contributed by atoms with van der Waals surface area (Å²) in [5, 5.41) is 3.95. The Morgan fingerprint density at radius 2 is 2.20 bits per heavy atom. The summed E-state index contributed by atoms with van der Waals surface area (Å²) in [6.45, 7) is 0.192. The summed E-state index contributed by atoms with van der Waals surface area (Å²) in [5.41, 5.74) is 6.02. The summed E-state index contributed by atoms with van der Waals surface area (Å²) in [5.74, 6) is -1.77. The smallest absolute Gasteiger partial charge is 0.338 e.